The third kappa shape index (κ3) is 8.90. The van der Waals surface area contributed by atoms with Crippen LogP contribution in [0.2, 0.25) is 5.02 Å². The van der Waals surface area contributed by atoms with Gasteiger partial charge in [0.1, 0.15) is 36.5 Å². The minimum absolute atomic E-state index is 0.0739. The maximum absolute atomic E-state index is 12.5. The number of hydrogen-bond donors (Lipinski definition) is 1. The Morgan fingerprint density at radius 3 is 2.57 bits per heavy atom. The van der Waals surface area contributed by atoms with Gasteiger partial charge in [0, 0.05) is 49.2 Å². The van der Waals surface area contributed by atoms with Crippen molar-refractivity contribution in [3.05, 3.63) is 106 Å². The summed E-state index contributed by atoms with van der Waals surface area (Å²) in [4.78, 5) is 20.8. The number of hydrogen-bond acceptors (Lipinski definition) is 8. The molecule has 0 radical (unpaired) electrons. The number of aliphatic hydroxyl groups is 1. The van der Waals surface area contributed by atoms with Crippen LogP contribution in [0.3, 0.4) is 0 Å². The molecule has 49 heavy (non-hydrogen) atoms. The quantitative estimate of drug-likeness (QED) is 0.176. The summed E-state index contributed by atoms with van der Waals surface area (Å²) < 4.78 is 18.5. The highest BCUT2D eigenvalue weighted by Gasteiger charge is 2.25. The molecule has 1 amide bonds. The van der Waals surface area contributed by atoms with Gasteiger partial charge in [-0.2, -0.15) is 5.26 Å². The number of carbonyl (C=O) groups is 1. The van der Waals surface area contributed by atoms with E-state index in [1.807, 2.05) is 48.5 Å². The van der Waals surface area contributed by atoms with Gasteiger partial charge in [-0.3, -0.25) is 14.7 Å². The fourth-order valence-corrected chi connectivity index (χ4v) is 6.60. The Morgan fingerprint density at radius 1 is 0.959 bits per heavy atom. The number of pyridine rings is 1. The van der Waals surface area contributed by atoms with E-state index in [-0.39, 0.29) is 19.1 Å². The first-order valence-corrected chi connectivity index (χ1v) is 17.2. The highest BCUT2D eigenvalue weighted by molar-refractivity contribution is 6.32. The van der Waals surface area contributed by atoms with Crippen molar-refractivity contribution in [2.45, 2.75) is 58.5 Å². The standard InChI is InChI=1S/C39H41ClN4O5/c1-27-31(8-6-10-35(27)30-7-5-9-34(16-30)47-26-39(46)44-14-11-33(45)23-44)25-49-38-18-37(48-24-29-15-28(19-41)20-42-21-29)32(17-36(38)40)22-43-12-3-2-4-13-43/h5-10,15-18,20-21,33,45H,2-4,11-14,22-26H2,1H3. The molecule has 2 fully saturated rings. The van der Waals surface area contributed by atoms with Gasteiger partial charge in [0.15, 0.2) is 6.61 Å². The minimum Gasteiger partial charge on any atom is -0.488 e. The van der Waals surface area contributed by atoms with Crippen molar-refractivity contribution in [1.82, 2.24) is 14.8 Å². The number of nitriles is 1. The molecule has 9 nitrogen and oxygen atoms in total. The van der Waals surface area contributed by atoms with Crippen molar-refractivity contribution in [3.8, 4) is 34.4 Å². The Morgan fingerprint density at radius 2 is 1.78 bits per heavy atom. The van der Waals surface area contributed by atoms with E-state index in [1.165, 1.54) is 25.5 Å². The summed E-state index contributed by atoms with van der Waals surface area (Å²) in [6.45, 7) is 6.25. The summed E-state index contributed by atoms with van der Waals surface area (Å²) in [6, 6.07) is 21.5. The number of β-amino-alcohol motifs (C(OH)–C–C–N with tert-alkyl or cyclic N) is 1. The van der Waals surface area contributed by atoms with Crippen LogP contribution < -0.4 is 14.2 Å². The number of amides is 1. The zero-order valence-electron chi connectivity index (χ0n) is 27.7. The molecule has 1 atom stereocenters. The Bertz CT molecular complexity index is 1820. The average molecular weight is 681 g/mol. The van der Waals surface area contributed by atoms with E-state index in [0.717, 1.165) is 53.0 Å². The van der Waals surface area contributed by atoms with Crippen molar-refractivity contribution in [3.63, 3.8) is 0 Å². The first-order valence-electron chi connectivity index (χ1n) is 16.8. The third-order valence-corrected chi connectivity index (χ3v) is 9.42. The predicted molar refractivity (Wildman–Crippen MR) is 188 cm³/mol. The smallest absolute Gasteiger partial charge is 0.260 e. The molecule has 1 N–H and O–H groups in total. The van der Waals surface area contributed by atoms with Gasteiger partial charge in [-0.05, 0) is 85.8 Å². The van der Waals surface area contributed by atoms with E-state index in [9.17, 15) is 15.2 Å². The van der Waals surface area contributed by atoms with Crippen LogP contribution in [-0.4, -0.2) is 64.7 Å². The van der Waals surface area contributed by atoms with Gasteiger partial charge in [-0.15, -0.1) is 0 Å². The number of rotatable bonds is 12. The maximum atomic E-state index is 12.5. The molecule has 1 unspecified atom stereocenters. The van der Waals surface area contributed by atoms with Crippen LogP contribution in [0.4, 0.5) is 0 Å². The Labute approximate surface area is 292 Å². The molecular formula is C39H41ClN4O5. The largest absolute Gasteiger partial charge is 0.488 e. The van der Waals surface area contributed by atoms with Gasteiger partial charge < -0.3 is 24.2 Å². The zero-order valence-corrected chi connectivity index (χ0v) is 28.5. The lowest BCUT2D eigenvalue weighted by Gasteiger charge is -2.27. The Hall–Kier alpha value is -4.62. The van der Waals surface area contributed by atoms with E-state index < -0.39 is 6.10 Å². The van der Waals surface area contributed by atoms with E-state index in [4.69, 9.17) is 25.8 Å². The number of carbonyl (C=O) groups excluding carboxylic acids is 1. The summed E-state index contributed by atoms with van der Waals surface area (Å²) >= 11 is 6.83. The highest BCUT2D eigenvalue weighted by Crippen LogP contribution is 2.36. The van der Waals surface area contributed by atoms with Crippen LogP contribution in [0, 0.1) is 18.3 Å². The number of aliphatic hydroxyl groups excluding tert-OH is 1. The summed E-state index contributed by atoms with van der Waals surface area (Å²) in [5.74, 6) is 1.69. The molecule has 254 valence electrons. The maximum Gasteiger partial charge on any atom is 0.260 e. The van der Waals surface area contributed by atoms with Gasteiger partial charge >= 0.3 is 0 Å². The second-order valence-electron chi connectivity index (χ2n) is 12.7. The van der Waals surface area contributed by atoms with E-state index in [1.54, 1.807) is 17.2 Å². The SMILES string of the molecule is Cc1c(COc2cc(OCc3cncc(C#N)c3)c(CN3CCCCC3)cc2Cl)cccc1-c1cccc(OCC(=O)N2CCC(O)C2)c1. The van der Waals surface area contributed by atoms with Crippen LogP contribution in [0.5, 0.6) is 17.2 Å². The van der Waals surface area contributed by atoms with Crippen molar-refractivity contribution in [2.24, 2.45) is 0 Å². The van der Waals surface area contributed by atoms with Gasteiger partial charge in [-0.25, -0.2) is 0 Å². The van der Waals surface area contributed by atoms with Crippen LogP contribution in [0.25, 0.3) is 11.1 Å². The third-order valence-electron chi connectivity index (χ3n) is 9.13. The van der Waals surface area contributed by atoms with Crippen LogP contribution >= 0.6 is 11.6 Å². The molecule has 0 aliphatic carbocycles. The summed E-state index contributed by atoms with van der Waals surface area (Å²) in [6.07, 6.45) is 6.99. The van der Waals surface area contributed by atoms with Gasteiger partial charge in [-0.1, -0.05) is 48.4 Å². The lowest BCUT2D eigenvalue weighted by molar-refractivity contribution is -0.132. The Balaban J connectivity index is 1.16. The lowest BCUT2D eigenvalue weighted by atomic mass is 9.96. The van der Waals surface area contributed by atoms with Gasteiger partial charge in [0.25, 0.3) is 5.91 Å². The molecule has 2 saturated heterocycles. The van der Waals surface area contributed by atoms with Gasteiger partial charge in [0.2, 0.25) is 0 Å². The molecule has 2 aliphatic rings. The number of likely N-dealkylation sites (tertiary alicyclic amines) is 2. The number of piperidine rings is 1. The fraction of sp³-hybridized carbons (Fsp3) is 0.359. The molecule has 3 aromatic carbocycles. The topological polar surface area (TPSA) is 108 Å². The normalized spacial score (nSPS) is 16.3. The number of ether oxygens (including phenoxy) is 3. The molecule has 1 aromatic heterocycles. The first kappa shape index (κ1) is 34.3. The summed E-state index contributed by atoms with van der Waals surface area (Å²) in [5, 5.41) is 19.6. The molecule has 3 heterocycles. The molecule has 0 bridgehead atoms. The van der Waals surface area contributed by atoms with Gasteiger partial charge in [0.05, 0.1) is 16.7 Å². The lowest BCUT2D eigenvalue weighted by Crippen LogP contribution is -2.33. The second kappa shape index (κ2) is 16.2. The van der Waals surface area contributed by atoms with E-state index in [2.05, 4.69) is 28.9 Å². The monoisotopic (exact) mass is 680 g/mol. The fourth-order valence-electron chi connectivity index (χ4n) is 6.36. The number of halogens is 1. The molecule has 4 aromatic rings. The number of benzene rings is 3. The van der Waals surface area contributed by atoms with E-state index >= 15 is 0 Å². The summed E-state index contributed by atoms with van der Waals surface area (Å²) in [5.41, 5.74) is 6.33. The van der Waals surface area contributed by atoms with Crippen molar-refractivity contribution >= 4 is 17.5 Å². The Kier molecular flexibility index (Phi) is 11.3. The van der Waals surface area contributed by atoms with Crippen LogP contribution in [-0.2, 0) is 24.6 Å². The van der Waals surface area contributed by atoms with Crippen molar-refractivity contribution < 1.29 is 24.1 Å². The average Bonchev–Trinajstić information content (AvgIpc) is 3.57. The van der Waals surface area contributed by atoms with Crippen LogP contribution in [0.15, 0.2) is 73.1 Å². The molecule has 0 spiro atoms. The van der Waals surface area contributed by atoms with Crippen LogP contribution in [0.1, 0.15) is 53.5 Å². The molecule has 6 rings (SSSR count). The second-order valence-corrected chi connectivity index (χ2v) is 13.1. The van der Waals surface area contributed by atoms with Crippen molar-refractivity contribution in [1.29, 1.82) is 5.26 Å². The zero-order chi connectivity index (χ0) is 34.2. The predicted octanol–water partition coefficient (Wildman–Crippen LogP) is 6.70. The molecule has 2 aliphatic heterocycles. The molecular weight excluding hydrogens is 640 g/mol. The minimum atomic E-state index is -0.459. The molecule has 10 heteroatoms. The first-order chi connectivity index (χ1) is 23.9. The molecule has 0 saturated carbocycles. The summed E-state index contributed by atoms with van der Waals surface area (Å²) in [7, 11) is 0. The number of nitrogens with zero attached hydrogens (tertiary/aromatic N) is 4. The van der Waals surface area contributed by atoms with E-state index in [0.29, 0.717) is 54.0 Å². The van der Waals surface area contributed by atoms with Crippen molar-refractivity contribution in [2.75, 3.05) is 32.8 Å². The highest BCUT2D eigenvalue weighted by atomic mass is 35.5. The number of aromatic nitrogens is 1.